The van der Waals surface area contributed by atoms with Crippen molar-refractivity contribution in [2.75, 3.05) is 5.75 Å². The Kier molecular flexibility index (Phi) is 5.77. The van der Waals surface area contributed by atoms with Gasteiger partial charge in [0.05, 0.1) is 16.4 Å². The van der Waals surface area contributed by atoms with Gasteiger partial charge in [-0.25, -0.2) is 10.4 Å². The summed E-state index contributed by atoms with van der Waals surface area (Å²) < 4.78 is 6.83. The summed E-state index contributed by atoms with van der Waals surface area (Å²) >= 11 is 7.74. The standard InChI is InChI=1S/C16H11Br2N3O3S/c17-10-5-9(15(23)11(18)6-10)7-19-21-14(22)8-25-16-20-12-3-1-2-4-13(12)24-16/h1-7,23H,8H2,(H,21,22)/b19-7+. The number of phenolic OH excluding ortho intramolecular Hbond substituents is 1. The van der Waals surface area contributed by atoms with E-state index in [-0.39, 0.29) is 17.4 Å². The first-order valence-electron chi connectivity index (χ1n) is 7.01. The molecule has 0 aliphatic carbocycles. The van der Waals surface area contributed by atoms with Crippen LogP contribution in [0.25, 0.3) is 11.1 Å². The summed E-state index contributed by atoms with van der Waals surface area (Å²) in [4.78, 5) is 16.1. The Bertz CT molecular complexity index is 926. The normalized spacial score (nSPS) is 11.3. The van der Waals surface area contributed by atoms with Gasteiger partial charge in [0.15, 0.2) is 5.58 Å². The highest BCUT2D eigenvalue weighted by molar-refractivity contribution is 9.11. The summed E-state index contributed by atoms with van der Waals surface area (Å²) in [5.74, 6) is -0.155. The van der Waals surface area contributed by atoms with Crippen LogP contribution < -0.4 is 5.43 Å². The number of aromatic hydroxyl groups is 1. The molecule has 0 unspecified atom stereocenters. The first-order chi connectivity index (χ1) is 12.0. The highest BCUT2D eigenvalue weighted by atomic mass is 79.9. The van der Waals surface area contributed by atoms with Crippen LogP contribution in [0.3, 0.4) is 0 Å². The van der Waals surface area contributed by atoms with Gasteiger partial charge >= 0.3 is 0 Å². The number of oxazole rings is 1. The van der Waals surface area contributed by atoms with Gasteiger partial charge in [0.1, 0.15) is 11.3 Å². The van der Waals surface area contributed by atoms with Gasteiger partial charge in [-0.15, -0.1) is 0 Å². The summed E-state index contributed by atoms with van der Waals surface area (Å²) in [5.41, 5.74) is 4.29. The first kappa shape index (κ1) is 18.0. The SMILES string of the molecule is O=C(CSc1nc2ccccc2o1)N/N=C/c1cc(Br)cc(Br)c1O. The van der Waals surface area contributed by atoms with Crippen LogP contribution in [0.4, 0.5) is 0 Å². The molecule has 1 amide bonds. The predicted molar refractivity (Wildman–Crippen MR) is 104 cm³/mol. The monoisotopic (exact) mass is 483 g/mol. The molecule has 0 atom stereocenters. The number of halogens is 2. The average molecular weight is 485 g/mol. The molecule has 25 heavy (non-hydrogen) atoms. The van der Waals surface area contributed by atoms with Gasteiger partial charge in [0, 0.05) is 10.0 Å². The maximum absolute atomic E-state index is 11.8. The van der Waals surface area contributed by atoms with Crippen molar-refractivity contribution in [1.29, 1.82) is 0 Å². The zero-order chi connectivity index (χ0) is 17.8. The third-order valence-corrected chi connectivity index (χ3v) is 4.94. The van der Waals surface area contributed by atoms with Crippen molar-refractivity contribution in [2.24, 2.45) is 5.10 Å². The van der Waals surface area contributed by atoms with Crippen LogP contribution in [0.15, 0.2) is 60.1 Å². The molecule has 3 rings (SSSR count). The quantitative estimate of drug-likeness (QED) is 0.320. The van der Waals surface area contributed by atoms with Crippen LogP contribution in [0, 0.1) is 0 Å². The maximum atomic E-state index is 11.8. The number of fused-ring (bicyclic) bond motifs is 1. The molecular formula is C16H11Br2N3O3S. The molecule has 1 heterocycles. The maximum Gasteiger partial charge on any atom is 0.257 e. The molecule has 0 saturated carbocycles. The first-order valence-corrected chi connectivity index (χ1v) is 9.58. The summed E-state index contributed by atoms with van der Waals surface area (Å²) in [6.45, 7) is 0. The fourth-order valence-electron chi connectivity index (χ4n) is 1.93. The number of para-hydroxylation sites is 2. The molecule has 0 spiro atoms. The molecule has 0 radical (unpaired) electrons. The van der Waals surface area contributed by atoms with E-state index in [0.29, 0.717) is 20.8 Å². The number of hydrogen-bond acceptors (Lipinski definition) is 6. The molecule has 1 aromatic heterocycles. The van der Waals surface area contributed by atoms with Crippen LogP contribution in [0.5, 0.6) is 5.75 Å². The Balaban J connectivity index is 1.56. The predicted octanol–water partition coefficient (Wildman–Crippen LogP) is 4.30. The van der Waals surface area contributed by atoms with Crippen molar-refractivity contribution in [3.8, 4) is 5.75 Å². The van der Waals surface area contributed by atoms with Crippen LogP contribution in [0.2, 0.25) is 0 Å². The van der Waals surface area contributed by atoms with Gasteiger partial charge in [-0.3, -0.25) is 4.79 Å². The molecule has 3 aromatic rings. The Labute approximate surface area is 164 Å². The third kappa shape index (κ3) is 4.62. The second-order valence-corrected chi connectivity index (χ2v) is 7.55. The van der Waals surface area contributed by atoms with Crippen molar-refractivity contribution in [3.63, 3.8) is 0 Å². The van der Waals surface area contributed by atoms with Crippen molar-refractivity contribution in [2.45, 2.75) is 5.22 Å². The highest BCUT2D eigenvalue weighted by Gasteiger charge is 2.09. The molecule has 0 aliphatic heterocycles. The zero-order valence-electron chi connectivity index (χ0n) is 12.6. The van der Waals surface area contributed by atoms with Crippen LogP contribution in [-0.4, -0.2) is 28.0 Å². The summed E-state index contributed by atoms with van der Waals surface area (Å²) in [5, 5.41) is 14.2. The zero-order valence-corrected chi connectivity index (χ0v) is 16.6. The smallest absolute Gasteiger partial charge is 0.257 e. The number of benzene rings is 2. The Morgan fingerprint density at radius 2 is 2.16 bits per heavy atom. The fourth-order valence-corrected chi connectivity index (χ4v) is 3.82. The Morgan fingerprint density at radius 3 is 2.96 bits per heavy atom. The number of nitrogens with zero attached hydrogens (tertiary/aromatic N) is 2. The topological polar surface area (TPSA) is 87.7 Å². The van der Waals surface area contributed by atoms with Gasteiger partial charge in [-0.05, 0) is 40.2 Å². The van der Waals surface area contributed by atoms with Crippen molar-refractivity contribution in [3.05, 3.63) is 50.9 Å². The molecule has 0 aliphatic rings. The largest absolute Gasteiger partial charge is 0.506 e. The number of nitrogens with one attached hydrogen (secondary N) is 1. The molecule has 2 aromatic carbocycles. The molecule has 0 fully saturated rings. The van der Waals surface area contributed by atoms with E-state index in [1.165, 1.54) is 18.0 Å². The summed E-state index contributed by atoms with van der Waals surface area (Å²) in [7, 11) is 0. The minimum atomic E-state index is -0.308. The summed E-state index contributed by atoms with van der Waals surface area (Å²) in [6, 6.07) is 10.8. The molecule has 9 heteroatoms. The van der Waals surface area contributed by atoms with Gasteiger partial charge in [0.25, 0.3) is 11.1 Å². The number of carbonyl (C=O) groups is 1. The number of aromatic nitrogens is 1. The van der Waals surface area contributed by atoms with E-state index in [0.717, 1.165) is 9.99 Å². The van der Waals surface area contributed by atoms with E-state index in [1.54, 1.807) is 12.1 Å². The lowest BCUT2D eigenvalue weighted by Gasteiger charge is -2.03. The minimum Gasteiger partial charge on any atom is -0.506 e. The van der Waals surface area contributed by atoms with Crippen LogP contribution in [-0.2, 0) is 4.79 Å². The lowest BCUT2D eigenvalue weighted by atomic mass is 10.2. The van der Waals surface area contributed by atoms with E-state index in [2.05, 4.69) is 47.4 Å². The highest BCUT2D eigenvalue weighted by Crippen LogP contribution is 2.30. The number of hydrazone groups is 1. The lowest BCUT2D eigenvalue weighted by Crippen LogP contribution is -2.19. The lowest BCUT2D eigenvalue weighted by molar-refractivity contribution is -0.118. The molecule has 6 nitrogen and oxygen atoms in total. The third-order valence-electron chi connectivity index (χ3n) is 3.05. The van der Waals surface area contributed by atoms with E-state index in [1.807, 2.05) is 24.3 Å². The summed E-state index contributed by atoms with van der Waals surface area (Å²) in [6.07, 6.45) is 1.37. The molecule has 2 N–H and O–H groups in total. The fraction of sp³-hybridized carbons (Fsp3) is 0.0625. The molecule has 128 valence electrons. The second kappa shape index (κ2) is 8.03. The number of phenols is 1. The second-order valence-electron chi connectivity index (χ2n) is 4.85. The van der Waals surface area contributed by atoms with Gasteiger partial charge in [-0.1, -0.05) is 39.8 Å². The molecule has 0 bridgehead atoms. The van der Waals surface area contributed by atoms with Gasteiger partial charge in [-0.2, -0.15) is 5.10 Å². The number of carbonyl (C=O) groups excluding carboxylic acids is 1. The van der Waals surface area contributed by atoms with E-state index >= 15 is 0 Å². The van der Waals surface area contributed by atoms with Crippen molar-refractivity contribution < 1.29 is 14.3 Å². The Hall–Kier alpha value is -1.84. The van der Waals surface area contributed by atoms with Gasteiger partial charge in [0.2, 0.25) is 0 Å². The van der Waals surface area contributed by atoms with Gasteiger partial charge < -0.3 is 9.52 Å². The number of thioether (sulfide) groups is 1. The van der Waals surface area contributed by atoms with Crippen LogP contribution >= 0.6 is 43.6 Å². The number of hydrogen-bond donors (Lipinski definition) is 2. The number of rotatable bonds is 5. The van der Waals surface area contributed by atoms with Crippen molar-refractivity contribution >= 4 is 66.8 Å². The van der Waals surface area contributed by atoms with E-state index in [9.17, 15) is 9.90 Å². The number of amides is 1. The Morgan fingerprint density at radius 1 is 1.36 bits per heavy atom. The average Bonchev–Trinajstić information content (AvgIpc) is 3.00. The molecule has 0 saturated heterocycles. The minimum absolute atomic E-state index is 0.0436. The van der Waals surface area contributed by atoms with E-state index in [4.69, 9.17) is 4.42 Å². The molecular weight excluding hydrogens is 474 g/mol. The van der Waals surface area contributed by atoms with E-state index < -0.39 is 0 Å². The van der Waals surface area contributed by atoms with Crippen LogP contribution in [0.1, 0.15) is 5.56 Å². The van der Waals surface area contributed by atoms with Crippen molar-refractivity contribution in [1.82, 2.24) is 10.4 Å².